The molecule has 1 saturated heterocycles. The van der Waals surface area contributed by atoms with E-state index >= 15 is 0 Å². The summed E-state index contributed by atoms with van der Waals surface area (Å²) in [6.45, 7) is 7.02. The topological polar surface area (TPSA) is 64.6 Å². The van der Waals surface area contributed by atoms with Crippen LogP contribution < -0.4 is 10.6 Å². The van der Waals surface area contributed by atoms with Crippen LogP contribution >= 0.6 is 0 Å². The number of hydrogen-bond acceptors (Lipinski definition) is 3. The van der Waals surface area contributed by atoms with Gasteiger partial charge in [-0.1, -0.05) is 19.8 Å². The summed E-state index contributed by atoms with van der Waals surface area (Å²) in [6, 6.07) is -0.0971. The van der Waals surface area contributed by atoms with Gasteiger partial charge in [0.05, 0.1) is 6.10 Å². The number of likely N-dealkylation sites (tertiary alicyclic amines) is 1. The third-order valence-electron chi connectivity index (χ3n) is 5.32. The highest BCUT2D eigenvalue weighted by Gasteiger charge is 2.35. The summed E-state index contributed by atoms with van der Waals surface area (Å²) in [4.78, 5) is 14.3. The van der Waals surface area contributed by atoms with Crippen molar-refractivity contribution in [2.24, 2.45) is 5.41 Å². The van der Waals surface area contributed by atoms with Gasteiger partial charge in [-0.2, -0.15) is 0 Å². The molecule has 0 aromatic carbocycles. The number of aliphatic hydroxyl groups excluding tert-OH is 1. The van der Waals surface area contributed by atoms with Crippen molar-refractivity contribution in [1.29, 1.82) is 0 Å². The zero-order valence-corrected chi connectivity index (χ0v) is 14.1. The summed E-state index contributed by atoms with van der Waals surface area (Å²) in [6.07, 6.45) is 8.66. The molecule has 2 fully saturated rings. The second kappa shape index (κ2) is 8.73. The smallest absolute Gasteiger partial charge is 0.314 e. The Morgan fingerprint density at radius 1 is 1.18 bits per heavy atom. The van der Waals surface area contributed by atoms with Crippen LogP contribution in [0.4, 0.5) is 4.79 Å². The SMILES string of the molecule is CC1(CNC(=O)NCCCCN2CCCC2)CCCCC1O. The van der Waals surface area contributed by atoms with E-state index in [9.17, 15) is 9.90 Å². The predicted molar refractivity (Wildman–Crippen MR) is 88.9 cm³/mol. The Hall–Kier alpha value is -0.810. The van der Waals surface area contributed by atoms with Gasteiger partial charge in [-0.15, -0.1) is 0 Å². The fourth-order valence-corrected chi connectivity index (χ4v) is 3.60. The third kappa shape index (κ3) is 5.43. The van der Waals surface area contributed by atoms with Gasteiger partial charge in [0.1, 0.15) is 0 Å². The molecule has 3 N–H and O–H groups in total. The first kappa shape index (κ1) is 17.5. The molecule has 0 aromatic rings. The van der Waals surface area contributed by atoms with Gasteiger partial charge in [-0.25, -0.2) is 4.79 Å². The van der Waals surface area contributed by atoms with Crippen molar-refractivity contribution >= 4 is 6.03 Å². The van der Waals surface area contributed by atoms with Crippen molar-refractivity contribution in [1.82, 2.24) is 15.5 Å². The van der Waals surface area contributed by atoms with Crippen LogP contribution in [0.5, 0.6) is 0 Å². The lowest BCUT2D eigenvalue weighted by molar-refractivity contribution is 0.00309. The minimum atomic E-state index is -0.290. The quantitative estimate of drug-likeness (QED) is 0.631. The van der Waals surface area contributed by atoms with Crippen molar-refractivity contribution in [3.63, 3.8) is 0 Å². The fraction of sp³-hybridized carbons (Fsp3) is 0.941. The Kier molecular flexibility index (Phi) is 6.96. The Morgan fingerprint density at radius 2 is 1.95 bits per heavy atom. The highest BCUT2D eigenvalue weighted by atomic mass is 16.3. The number of carbonyl (C=O) groups is 1. The molecule has 0 radical (unpaired) electrons. The molecule has 22 heavy (non-hydrogen) atoms. The molecule has 0 bridgehead atoms. The lowest BCUT2D eigenvalue weighted by Crippen LogP contribution is -2.47. The molecule has 2 aliphatic rings. The summed E-state index contributed by atoms with van der Waals surface area (Å²) in [5.74, 6) is 0. The van der Waals surface area contributed by atoms with Crippen LogP contribution in [0.3, 0.4) is 0 Å². The van der Waals surface area contributed by atoms with E-state index in [0.717, 1.165) is 51.6 Å². The summed E-state index contributed by atoms with van der Waals surface area (Å²) in [7, 11) is 0. The molecule has 5 heteroatoms. The van der Waals surface area contributed by atoms with Crippen LogP contribution in [0.2, 0.25) is 0 Å². The van der Waals surface area contributed by atoms with E-state index in [-0.39, 0.29) is 17.6 Å². The molecule has 2 unspecified atom stereocenters. The van der Waals surface area contributed by atoms with Crippen molar-refractivity contribution < 1.29 is 9.90 Å². The summed E-state index contributed by atoms with van der Waals surface area (Å²) >= 11 is 0. The number of amides is 2. The Labute approximate surface area is 134 Å². The summed E-state index contributed by atoms with van der Waals surface area (Å²) in [5, 5.41) is 16.0. The van der Waals surface area contributed by atoms with Crippen LogP contribution in [0.15, 0.2) is 0 Å². The van der Waals surface area contributed by atoms with Gasteiger partial charge in [0.2, 0.25) is 0 Å². The highest BCUT2D eigenvalue weighted by Crippen LogP contribution is 2.35. The maximum absolute atomic E-state index is 11.8. The zero-order valence-electron chi connectivity index (χ0n) is 14.1. The van der Waals surface area contributed by atoms with Gasteiger partial charge >= 0.3 is 6.03 Å². The van der Waals surface area contributed by atoms with Gasteiger partial charge in [-0.3, -0.25) is 0 Å². The fourth-order valence-electron chi connectivity index (χ4n) is 3.60. The number of unbranched alkanes of at least 4 members (excludes halogenated alkanes) is 1. The average molecular weight is 311 g/mol. The van der Waals surface area contributed by atoms with Crippen LogP contribution in [0.25, 0.3) is 0 Å². The molecule has 2 atom stereocenters. The largest absolute Gasteiger partial charge is 0.392 e. The first-order valence-corrected chi connectivity index (χ1v) is 9.02. The number of rotatable bonds is 7. The second-order valence-electron chi connectivity index (χ2n) is 7.28. The number of carbonyl (C=O) groups excluding carboxylic acids is 1. The molecule has 1 aliphatic carbocycles. The molecule has 0 aromatic heterocycles. The predicted octanol–water partition coefficient (Wildman–Crippen LogP) is 2.10. The lowest BCUT2D eigenvalue weighted by atomic mass is 9.73. The standard InChI is InChI=1S/C17H33N3O2/c1-17(9-3-2-8-15(17)21)14-19-16(22)18-10-4-5-11-20-12-6-7-13-20/h15,21H,2-14H2,1H3,(H2,18,19,22). The Morgan fingerprint density at radius 3 is 2.68 bits per heavy atom. The molecule has 1 saturated carbocycles. The van der Waals surface area contributed by atoms with Crippen LogP contribution in [-0.4, -0.2) is 54.9 Å². The van der Waals surface area contributed by atoms with Crippen molar-refractivity contribution in [2.75, 3.05) is 32.7 Å². The van der Waals surface area contributed by atoms with Gasteiger partial charge in [-0.05, 0) is 58.2 Å². The molecule has 5 nitrogen and oxygen atoms in total. The van der Waals surface area contributed by atoms with E-state index in [0.29, 0.717) is 6.54 Å². The molecule has 128 valence electrons. The minimum Gasteiger partial charge on any atom is -0.392 e. The monoisotopic (exact) mass is 311 g/mol. The highest BCUT2D eigenvalue weighted by molar-refractivity contribution is 5.73. The van der Waals surface area contributed by atoms with Crippen LogP contribution in [0, 0.1) is 5.41 Å². The van der Waals surface area contributed by atoms with Crippen molar-refractivity contribution in [3.8, 4) is 0 Å². The van der Waals surface area contributed by atoms with E-state index in [1.54, 1.807) is 0 Å². The van der Waals surface area contributed by atoms with E-state index in [1.165, 1.54) is 25.9 Å². The van der Waals surface area contributed by atoms with Gasteiger partial charge in [0, 0.05) is 18.5 Å². The van der Waals surface area contributed by atoms with E-state index in [4.69, 9.17) is 0 Å². The van der Waals surface area contributed by atoms with Gasteiger partial charge in [0.25, 0.3) is 0 Å². The molecule has 1 aliphatic heterocycles. The van der Waals surface area contributed by atoms with Crippen LogP contribution in [-0.2, 0) is 0 Å². The number of hydrogen-bond donors (Lipinski definition) is 3. The summed E-state index contributed by atoms with van der Waals surface area (Å²) < 4.78 is 0. The zero-order chi connectivity index (χ0) is 15.8. The van der Waals surface area contributed by atoms with E-state index in [1.807, 2.05) is 0 Å². The number of nitrogens with zero attached hydrogens (tertiary/aromatic N) is 1. The maximum Gasteiger partial charge on any atom is 0.314 e. The number of aliphatic hydroxyl groups is 1. The number of nitrogens with one attached hydrogen (secondary N) is 2. The average Bonchev–Trinajstić information content (AvgIpc) is 3.01. The van der Waals surface area contributed by atoms with Gasteiger partial charge in [0.15, 0.2) is 0 Å². The first-order valence-electron chi connectivity index (χ1n) is 9.02. The molecule has 0 spiro atoms. The molecule has 1 heterocycles. The van der Waals surface area contributed by atoms with Crippen molar-refractivity contribution in [2.45, 2.75) is 64.4 Å². The van der Waals surface area contributed by atoms with E-state index in [2.05, 4.69) is 22.5 Å². The molecule has 2 amide bonds. The maximum atomic E-state index is 11.8. The van der Waals surface area contributed by atoms with Crippen molar-refractivity contribution in [3.05, 3.63) is 0 Å². The summed E-state index contributed by atoms with van der Waals surface area (Å²) in [5.41, 5.74) is -0.161. The Bertz CT molecular complexity index is 345. The molecular weight excluding hydrogens is 278 g/mol. The minimum absolute atomic E-state index is 0.0971. The van der Waals surface area contributed by atoms with E-state index < -0.39 is 0 Å². The molecule has 2 rings (SSSR count). The third-order valence-corrected chi connectivity index (χ3v) is 5.32. The second-order valence-corrected chi connectivity index (χ2v) is 7.28. The van der Waals surface area contributed by atoms with Gasteiger partial charge < -0.3 is 20.6 Å². The Balaban J connectivity index is 1.52. The lowest BCUT2D eigenvalue weighted by Gasteiger charge is -2.38. The molecular formula is C17H33N3O2. The van der Waals surface area contributed by atoms with Crippen LogP contribution in [0.1, 0.15) is 58.3 Å². The number of urea groups is 1. The normalized spacial score (nSPS) is 29.5. The first-order chi connectivity index (χ1) is 10.6.